The first-order valence-corrected chi connectivity index (χ1v) is 10.9. The van der Waals surface area contributed by atoms with E-state index in [9.17, 15) is 13.2 Å². The molecule has 5 nitrogen and oxygen atoms in total. The maximum atomic E-state index is 12.6. The van der Waals surface area contributed by atoms with Crippen LogP contribution in [-0.2, 0) is 14.8 Å². The number of rotatable bonds is 7. The molecule has 2 aromatic rings. The van der Waals surface area contributed by atoms with Crippen LogP contribution in [0.5, 0.6) is 0 Å². The molecule has 0 fully saturated rings. The Morgan fingerprint density at radius 1 is 1.15 bits per heavy atom. The maximum absolute atomic E-state index is 12.6. The number of carbonyl (C=O) groups is 1. The Morgan fingerprint density at radius 3 is 2.33 bits per heavy atom. The van der Waals surface area contributed by atoms with Crippen LogP contribution < -0.4 is 9.62 Å². The van der Waals surface area contributed by atoms with E-state index in [1.807, 2.05) is 38.1 Å². The lowest BCUT2D eigenvalue weighted by Gasteiger charge is -2.25. The highest BCUT2D eigenvalue weighted by molar-refractivity contribution is 7.92. The largest absolute Gasteiger partial charge is 0.348 e. The summed E-state index contributed by atoms with van der Waals surface area (Å²) in [7, 11) is -3.65. The minimum Gasteiger partial charge on any atom is -0.348 e. The lowest BCUT2D eigenvalue weighted by molar-refractivity contribution is -0.120. The first kappa shape index (κ1) is 21.3. The van der Waals surface area contributed by atoms with E-state index in [2.05, 4.69) is 5.32 Å². The summed E-state index contributed by atoms with van der Waals surface area (Å²) in [6.45, 7) is 5.40. The maximum Gasteiger partial charge on any atom is 0.241 e. The van der Waals surface area contributed by atoms with E-state index in [0.29, 0.717) is 22.7 Å². The van der Waals surface area contributed by atoms with E-state index >= 15 is 0 Å². The molecule has 0 aromatic heterocycles. The molecule has 0 aliphatic rings. The Kier molecular flexibility index (Phi) is 6.89. The van der Waals surface area contributed by atoms with E-state index in [4.69, 9.17) is 11.6 Å². The van der Waals surface area contributed by atoms with Crippen LogP contribution in [0.4, 0.5) is 5.69 Å². The van der Waals surface area contributed by atoms with Crippen molar-refractivity contribution in [1.82, 2.24) is 5.32 Å². The predicted octanol–water partition coefficient (Wildman–Crippen LogP) is 3.99. The number of amides is 1. The summed E-state index contributed by atoms with van der Waals surface area (Å²) in [5.41, 5.74) is 3.15. The molecule has 0 aliphatic carbocycles. The quantitative estimate of drug-likeness (QED) is 0.753. The van der Waals surface area contributed by atoms with Crippen LogP contribution in [0, 0.1) is 13.8 Å². The molecule has 0 radical (unpaired) electrons. The molecule has 1 amide bonds. The van der Waals surface area contributed by atoms with Gasteiger partial charge in [-0.25, -0.2) is 8.42 Å². The standard InChI is InChI=1S/C20H25ClN2O3S/c1-5-18(16-11-9-14(2)10-12-16)22-20(24)13-23(27(4,25)26)19-8-6-7-17(21)15(19)3/h6-12,18H,5,13H2,1-4H3,(H,22,24)/t18-/m0/s1. The van der Waals surface area contributed by atoms with Crippen molar-refractivity contribution in [3.05, 3.63) is 64.2 Å². The van der Waals surface area contributed by atoms with Crippen molar-refractivity contribution < 1.29 is 13.2 Å². The van der Waals surface area contributed by atoms with E-state index < -0.39 is 10.0 Å². The number of hydrogen-bond donors (Lipinski definition) is 1. The van der Waals surface area contributed by atoms with Gasteiger partial charge in [0.25, 0.3) is 0 Å². The molecular formula is C20H25ClN2O3S. The van der Waals surface area contributed by atoms with Crippen molar-refractivity contribution in [1.29, 1.82) is 0 Å². The summed E-state index contributed by atoms with van der Waals surface area (Å²) < 4.78 is 25.7. The normalized spacial score (nSPS) is 12.5. The minimum atomic E-state index is -3.65. The van der Waals surface area contributed by atoms with E-state index in [1.165, 1.54) is 0 Å². The molecule has 146 valence electrons. The second-order valence-corrected chi connectivity index (χ2v) is 8.91. The van der Waals surface area contributed by atoms with E-state index in [1.54, 1.807) is 25.1 Å². The summed E-state index contributed by atoms with van der Waals surface area (Å²) in [4.78, 5) is 12.6. The Labute approximate surface area is 166 Å². The van der Waals surface area contributed by atoms with Crippen molar-refractivity contribution in [3.8, 4) is 0 Å². The fourth-order valence-electron chi connectivity index (χ4n) is 2.84. The Balaban J connectivity index is 2.23. The zero-order valence-electron chi connectivity index (χ0n) is 16.0. The van der Waals surface area contributed by atoms with Gasteiger partial charge >= 0.3 is 0 Å². The predicted molar refractivity (Wildman–Crippen MR) is 111 cm³/mol. The highest BCUT2D eigenvalue weighted by atomic mass is 35.5. The summed E-state index contributed by atoms with van der Waals surface area (Å²) >= 11 is 6.12. The van der Waals surface area contributed by atoms with Gasteiger partial charge in [-0.1, -0.05) is 54.4 Å². The number of hydrogen-bond acceptors (Lipinski definition) is 3. The average Bonchev–Trinajstić information content (AvgIpc) is 2.60. The summed E-state index contributed by atoms with van der Waals surface area (Å²) in [6, 6.07) is 12.7. The average molecular weight is 409 g/mol. The van der Waals surface area contributed by atoms with Gasteiger partial charge in [0.1, 0.15) is 6.54 Å². The lowest BCUT2D eigenvalue weighted by Crippen LogP contribution is -2.41. The van der Waals surface area contributed by atoms with Crippen molar-refractivity contribution >= 4 is 33.2 Å². The molecule has 7 heteroatoms. The number of nitrogens with zero attached hydrogens (tertiary/aromatic N) is 1. The van der Waals surface area contributed by atoms with Gasteiger partial charge in [-0.15, -0.1) is 0 Å². The molecule has 0 saturated heterocycles. The third-order valence-corrected chi connectivity index (χ3v) is 5.95. The second kappa shape index (κ2) is 8.76. The number of anilines is 1. The lowest BCUT2D eigenvalue weighted by atomic mass is 10.0. The molecule has 0 spiro atoms. The molecule has 1 atom stereocenters. The summed E-state index contributed by atoms with van der Waals surface area (Å²) in [5.74, 6) is -0.368. The van der Waals surface area contributed by atoms with Gasteiger partial charge in [0, 0.05) is 5.02 Å². The van der Waals surface area contributed by atoms with Gasteiger partial charge < -0.3 is 5.32 Å². The fourth-order valence-corrected chi connectivity index (χ4v) is 3.91. The summed E-state index contributed by atoms with van der Waals surface area (Å²) in [6.07, 6.45) is 1.78. The number of carbonyl (C=O) groups excluding carboxylic acids is 1. The van der Waals surface area contributed by atoms with Crippen LogP contribution in [0.3, 0.4) is 0 Å². The molecule has 0 unspecified atom stereocenters. The SMILES string of the molecule is CC[C@H](NC(=O)CN(c1cccc(Cl)c1C)S(C)(=O)=O)c1ccc(C)cc1. The zero-order chi connectivity index (χ0) is 20.2. The third-order valence-electron chi connectivity index (χ3n) is 4.42. The first-order chi connectivity index (χ1) is 12.6. The van der Waals surface area contributed by atoms with Gasteiger partial charge in [-0.2, -0.15) is 0 Å². The molecule has 0 aliphatic heterocycles. The molecule has 0 saturated carbocycles. The molecular weight excluding hydrogens is 384 g/mol. The van der Waals surface area contributed by atoms with Crippen molar-refractivity contribution in [2.45, 2.75) is 33.2 Å². The molecule has 0 heterocycles. The van der Waals surface area contributed by atoms with Crippen LogP contribution >= 0.6 is 11.6 Å². The number of halogens is 1. The monoisotopic (exact) mass is 408 g/mol. The van der Waals surface area contributed by atoms with Gasteiger partial charge in [-0.05, 0) is 43.5 Å². The van der Waals surface area contributed by atoms with Crippen molar-refractivity contribution in [2.75, 3.05) is 17.1 Å². The molecule has 0 bridgehead atoms. The molecule has 27 heavy (non-hydrogen) atoms. The van der Waals surface area contributed by atoms with Gasteiger partial charge in [0.15, 0.2) is 0 Å². The number of nitrogens with one attached hydrogen (secondary N) is 1. The molecule has 1 N–H and O–H groups in total. The Hall–Kier alpha value is -2.05. The van der Waals surface area contributed by atoms with Crippen LogP contribution in [0.25, 0.3) is 0 Å². The van der Waals surface area contributed by atoms with Crippen molar-refractivity contribution in [3.63, 3.8) is 0 Å². The van der Waals surface area contributed by atoms with Crippen LogP contribution in [0.2, 0.25) is 5.02 Å². The Morgan fingerprint density at radius 2 is 1.78 bits per heavy atom. The first-order valence-electron chi connectivity index (χ1n) is 8.72. The van der Waals surface area contributed by atoms with Gasteiger partial charge in [-0.3, -0.25) is 9.10 Å². The molecule has 2 rings (SSSR count). The van der Waals surface area contributed by atoms with Crippen LogP contribution in [-0.4, -0.2) is 27.1 Å². The Bertz CT molecular complexity index is 911. The summed E-state index contributed by atoms with van der Waals surface area (Å²) in [5, 5.41) is 3.38. The fraction of sp³-hybridized carbons (Fsp3) is 0.350. The van der Waals surface area contributed by atoms with Crippen LogP contribution in [0.15, 0.2) is 42.5 Å². The van der Waals surface area contributed by atoms with Crippen molar-refractivity contribution in [2.24, 2.45) is 0 Å². The van der Waals surface area contributed by atoms with Gasteiger partial charge in [0.05, 0.1) is 18.0 Å². The van der Waals surface area contributed by atoms with Gasteiger partial charge in [0.2, 0.25) is 15.9 Å². The van der Waals surface area contributed by atoms with E-state index in [0.717, 1.165) is 21.7 Å². The number of aryl methyl sites for hydroxylation is 1. The topological polar surface area (TPSA) is 66.5 Å². The minimum absolute atomic E-state index is 0.181. The van der Waals surface area contributed by atoms with E-state index in [-0.39, 0.29) is 18.5 Å². The highest BCUT2D eigenvalue weighted by Crippen LogP contribution is 2.28. The zero-order valence-corrected chi connectivity index (χ0v) is 17.6. The number of sulfonamides is 1. The highest BCUT2D eigenvalue weighted by Gasteiger charge is 2.24. The number of benzene rings is 2. The van der Waals surface area contributed by atoms with Crippen LogP contribution in [0.1, 0.15) is 36.1 Å². The molecule has 2 aromatic carbocycles. The third kappa shape index (κ3) is 5.47. The smallest absolute Gasteiger partial charge is 0.241 e. The second-order valence-electron chi connectivity index (χ2n) is 6.59.